The molecule has 44 heavy (non-hydrogen) atoms. The second-order valence-electron chi connectivity index (χ2n) is 10.1. The summed E-state index contributed by atoms with van der Waals surface area (Å²) >= 11 is 18.5. The second-order valence-corrected chi connectivity index (χ2v) is 13.2. The number of amides is 2. The molecule has 0 saturated heterocycles. The third kappa shape index (κ3) is 9.76. The highest BCUT2D eigenvalue weighted by atomic mass is 35.5. The van der Waals surface area contributed by atoms with Crippen LogP contribution >= 0.6 is 34.8 Å². The van der Waals surface area contributed by atoms with Crippen LogP contribution < -0.4 is 9.62 Å². The van der Waals surface area contributed by atoms with Crippen molar-refractivity contribution >= 4 is 62.3 Å². The molecule has 0 spiro atoms. The lowest BCUT2D eigenvalue weighted by atomic mass is 10.0. The van der Waals surface area contributed by atoms with Gasteiger partial charge in [0.25, 0.3) is 0 Å². The molecule has 1 atom stereocenters. The summed E-state index contributed by atoms with van der Waals surface area (Å²) in [7, 11) is -4.34. The Bertz CT molecular complexity index is 1570. The molecule has 3 rings (SSSR count). The van der Waals surface area contributed by atoms with Crippen molar-refractivity contribution in [2.24, 2.45) is 0 Å². The number of nitrogens with one attached hydrogen (secondary N) is 1. The summed E-state index contributed by atoms with van der Waals surface area (Å²) in [4.78, 5) is 28.9. The third-order valence-corrected chi connectivity index (χ3v) is 8.84. The molecule has 0 saturated carbocycles. The lowest BCUT2D eigenvalue weighted by molar-refractivity contribution is -0.140. The number of halogens is 6. The van der Waals surface area contributed by atoms with E-state index in [0.717, 1.165) is 24.3 Å². The van der Waals surface area contributed by atoms with Crippen molar-refractivity contribution in [1.29, 1.82) is 0 Å². The molecule has 1 unspecified atom stereocenters. The van der Waals surface area contributed by atoms with Gasteiger partial charge in [-0.2, -0.15) is 13.2 Å². The first-order valence-corrected chi connectivity index (χ1v) is 16.5. The van der Waals surface area contributed by atoms with E-state index in [1.54, 1.807) is 36.4 Å². The maximum Gasteiger partial charge on any atom is 0.416 e. The van der Waals surface area contributed by atoms with Crippen molar-refractivity contribution in [1.82, 2.24) is 10.2 Å². The van der Waals surface area contributed by atoms with Crippen LogP contribution in [0.1, 0.15) is 36.5 Å². The highest BCUT2D eigenvalue weighted by Crippen LogP contribution is 2.36. The second kappa shape index (κ2) is 15.3. The number of nitrogens with zero attached hydrogens (tertiary/aromatic N) is 2. The van der Waals surface area contributed by atoms with Gasteiger partial charge in [0.1, 0.15) is 12.6 Å². The zero-order valence-electron chi connectivity index (χ0n) is 23.9. The molecule has 14 heteroatoms. The van der Waals surface area contributed by atoms with E-state index in [9.17, 15) is 31.2 Å². The molecule has 0 bridgehead atoms. The summed E-state index contributed by atoms with van der Waals surface area (Å²) < 4.78 is 66.9. The predicted octanol–water partition coefficient (Wildman–Crippen LogP) is 6.99. The monoisotopic (exact) mass is 691 g/mol. The highest BCUT2D eigenvalue weighted by molar-refractivity contribution is 7.92. The topological polar surface area (TPSA) is 86.8 Å². The summed E-state index contributed by atoms with van der Waals surface area (Å²) in [6.07, 6.45) is -2.51. The summed E-state index contributed by atoms with van der Waals surface area (Å²) in [5, 5.41) is 2.97. The molecule has 0 aliphatic heterocycles. The van der Waals surface area contributed by atoms with Crippen LogP contribution in [0.25, 0.3) is 0 Å². The molecule has 2 amide bonds. The van der Waals surface area contributed by atoms with Gasteiger partial charge in [0.05, 0.1) is 32.6 Å². The van der Waals surface area contributed by atoms with Gasteiger partial charge in [-0.05, 0) is 47.9 Å². The molecule has 238 valence electrons. The van der Waals surface area contributed by atoms with Crippen LogP contribution in [0.3, 0.4) is 0 Å². The van der Waals surface area contributed by atoms with Crippen LogP contribution in [-0.2, 0) is 38.8 Å². The number of hydrogen-bond acceptors (Lipinski definition) is 4. The van der Waals surface area contributed by atoms with Gasteiger partial charge >= 0.3 is 6.18 Å². The van der Waals surface area contributed by atoms with Gasteiger partial charge in [-0.3, -0.25) is 13.9 Å². The molecule has 0 aliphatic carbocycles. The third-order valence-electron chi connectivity index (χ3n) is 6.66. The fourth-order valence-electron chi connectivity index (χ4n) is 4.37. The Morgan fingerprint density at radius 1 is 0.909 bits per heavy atom. The molecule has 0 fully saturated rings. The van der Waals surface area contributed by atoms with Crippen LogP contribution in [0.4, 0.5) is 18.9 Å². The van der Waals surface area contributed by atoms with E-state index in [2.05, 4.69) is 5.32 Å². The van der Waals surface area contributed by atoms with Gasteiger partial charge in [0.15, 0.2) is 0 Å². The molecule has 0 heterocycles. The minimum Gasteiger partial charge on any atom is -0.354 e. The van der Waals surface area contributed by atoms with E-state index in [4.69, 9.17) is 34.8 Å². The van der Waals surface area contributed by atoms with E-state index in [1.807, 2.05) is 6.92 Å². The van der Waals surface area contributed by atoms with Crippen molar-refractivity contribution < 1.29 is 31.2 Å². The van der Waals surface area contributed by atoms with Crippen molar-refractivity contribution in [3.05, 3.63) is 98.5 Å². The molecular weight excluding hydrogens is 662 g/mol. The summed E-state index contributed by atoms with van der Waals surface area (Å²) in [5.74, 6) is -1.35. The molecule has 3 aromatic rings. The molecule has 0 radical (unpaired) electrons. The largest absolute Gasteiger partial charge is 0.416 e. The maximum atomic E-state index is 14.1. The number of hydrogen-bond donors (Lipinski definition) is 1. The van der Waals surface area contributed by atoms with Crippen LogP contribution in [0.5, 0.6) is 0 Å². The van der Waals surface area contributed by atoms with Gasteiger partial charge in [-0.1, -0.05) is 84.5 Å². The van der Waals surface area contributed by atoms with Crippen LogP contribution in [0.15, 0.2) is 66.7 Å². The average molecular weight is 693 g/mol. The summed E-state index contributed by atoms with van der Waals surface area (Å²) in [6, 6.07) is 14.6. The molecule has 0 aliphatic rings. The van der Waals surface area contributed by atoms with E-state index < -0.39 is 51.9 Å². The zero-order valence-corrected chi connectivity index (χ0v) is 27.0. The van der Waals surface area contributed by atoms with Gasteiger partial charge in [-0.25, -0.2) is 8.42 Å². The number of sulfonamides is 1. The SMILES string of the molecule is CCCCNC(=O)C(Cc1ccccc1)N(Cc1ccc(Cl)c(Cl)c1)C(=O)CN(c1cc(C(F)(F)F)ccc1Cl)S(C)(=O)=O. The van der Waals surface area contributed by atoms with E-state index in [-0.39, 0.29) is 28.0 Å². The van der Waals surface area contributed by atoms with Crippen molar-refractivity contribution in [3.8, 4) is 0 Å². The average Bonchev–Trinajstić information content (AvgIpc) is 2.95. The Balaban J connectivity index is 2.11. The Morgan fingerprint density at radius 3 is 2.16 bits per heavy atom. The molecule has 3 aromatic carbocycles. The standard InChI is InChI=1S/C30H31Cl3F3N3O4S/c1-3-4-14-37-29(41)27(16-20-8-6-5-7-9-20)38(18-21-10-12-23(31)25(33)15-21)28(40)19-39(44(2,42)43)26-17-22(30(34,35)36)11-13-24(26)32/h5-13,15,17,27H,3-4,14,16,18-19H2,1-2H3,(H,37,41). The fourth-order valence-corrected chi connectivity index (χ4v) is 5.81. The Kier molecular flexibility index (Phi) is 12.4. The lowest BCUT2D eigenvalue weighted by Crippen LogP contribution is -2.53. The van der Waals surface area contributed by atoms with Crippen LogP contribution in [0.2, 0.25) is 15.1 Å². The Hall–Kier alpha value is -2.99. The Labute approximate surface area is 269 Å². The quantitative estimate of drug-likeness (QED) is 0.196. The van der Waals surface area contributed by atoms with E-state index in [1.165, 1.54) is 17.0 Å². The first kappa shape index (κ1) is 35.5. The van der Waals surface area contributed by atoms with Crippen LogP contribution in [0, 0.1) is 0 Å². The maximum absolute atomic E-state index is 14.1. The lowest BCUT2D eigenvalue weighted by Gasteiger charge is -2.34. The first-order valence-electron chi connectivity index (χ1n) is 13.5. The van der Waals surface area contributed by atoms with Crippen molar-refractivity contribution in [2.45, 2.75) is 44.9 Å². The number of unbranched alkanes of at least 4 members (excludes halogenated alkanes) is 1. The van der Waals surface area contributed by atoms with E-state index >= 15 is 0 Å². The summed E-state index contributed by atoms with van der Waals surface area (Å²) in [5.41, 5.74) is -0.479. The number of carbonyl (C=O) groups excluding carboxylic acids is 2. The normalized spacial score (nSPS) is 12.5. The van der Waals surface area contributed by atoms with Crippen LogP contribution in [-0.4, -0.2) is 50.5 Å². The predicted molar refractivity (Wildman–Crippen MR) is 168 cm³/mol. The minimum absolute atomic E-state index is 0.0645. The Morgan fingerprint density at radius 2 is 1.57 bits per heavy atom. The summed E-state index contributed by atoms with van der Waals surface area (Å²) in [6.45, 7) is 1.16. The smallest absolute Gasteiger partial charge is 0.354 e. The van der Waals surface area contributed by atoms with Gasteiger partial charge in [0.2, 0.25) is 21.8 Å². The van der Waals surface area contributed by atoms with Gasteiger partial charge < -0.3 is 10.2 Å². The molecule has 7 nitrogen and oxygen atoms in total. The van der Waals surface area contributed by atoms with Gasteiger partial charge in [0, 0.05) is 19.5 Å². The number of anilines is 1. The molecule has 1 N–H and O–H groups in total. The number of rotatable bonds is 13. The number of benzene rings is 3. The van der Waals surface area contributed by atoms with Gasteiger partial charge in [-0.15, -0.1) is 0 Å². The number of carbonyl (C=O) groups is 2. The zero-order chi connectivity index (χ0) is 32.7. The van der Waals surface area contributed by atoms with Crippen molar-refractivity contribution in [3.63, 3.8) is 0 Å². The van der Waals surface area contributed by atoms with E-state index in [0.29, 0.717) is 35.0 Å². The minimum atomic E-state index is -4.80. The molecular formula is C30H31Cl3F3N3O4S. The fraction of sp³-hybridized carbons (Fsp3) is 0.333. The van der Waals surface area contributed by atoms with Crippen molar-refractivity contribution in [2.75, 3.05) is 23.7 Å². The molecule has 0 aromatic heterocycles. The number of alkyl halides is 3. The highest BCUT2D eigenvalue weighted by Gasteiger charge is 2.36. The first-order chi connectivity index (χ1) is 20.6.